The smallest absolute Gasteiger partial charge is 0.395 e. The van der Waals surface area contributed by atoms with Crippen molar-refractivity contribution in [3.63, 3.8) is 0 Å². The van der Waals surface area contributed by atoms with E-state index in [2.05, 4.69) is 26.1 Å². The molecule has 0 fully saturated rings. The topological polar surface area (TPSA) is 138 Å². The van der Waals surface area contributed by atoms with E-state index >= 15 is 0 Å². The Morgan fingerprint density at radius 2 is 1.67 bits per heavy atom. The van der Waals surface area contributed by atoms with Crippen LogP contribution < -0.4 is 21.5 Å². The molecule has 43 heavy (non-hydrogen) atoms. The van der Waals surface area contributed by atoms with Crippen molar-refractivity contribution in [2.24, 2.45) is 5.10 Å². The van der Waals surface area contributed by atoms with Gasteiger partial charge in [0, 0.05) is 55.7 Å². The Balaban J connectivity index is 1.69. The van der Waals surface area contributed by atoms with Gasteiger partial charge in [0.25, 0.3) is 11.8 Å². The molecule has 0 aliphatic rings. The van der Waals surface area contributed by atoms with Crippen molar-refractivity contribution < 1.29 is 27.9 Å². The van der Waals surface area contributed by atoms with Gasteiger partial charge in [-0.1, -0.05) is 18.2 Å². The summed E-state index contributed by atoms with van der Waals surface area (Å²) in [5.74, 6) is -1.08. The van der Waals surface area contributed by atoms with E-state index in [1.165, 1.54) is 42.9 Å². The van der Waals surface area contributed by atoms with Gasteiger partial charge in [-0.25, -0.2) is 5.43 Å². The monoisotopic (exact) mass is 594 g/mol. The molecule has 224 valence electrons. The van der Waals surface area contributed by atoms with Gasteiger partial charge in [-0.2, -0.15) is 18.3 Å². The Kier molecular flexibility index (Phi) is 10.0. The van der Waals surface area contributed by atoms with Gasteiger partial charge in [-0.05, 0) is 54.4 Å². The number of hydrogen-bond acceptors (Lipinski definition) is 7. The number of aromatic nitrogens is 2. The number of halogens is 3. The minimum absolute atomic E-state index is 0.0637. The number of benzene rings is 2. The number of rotatable bonds is 11. The van der Waals surface area contributed by atoms with Gasteiger partial charge in [-0.15, -0.1) is 0 Å². The summed E-state index contributed by atoms with van der Waals surface area (Å²) >= 11 is 0. The van der Waals surface area contributed by atoms with Crippen LogP contribution in [0.4, 0.5) is 13.2 Å². The zero-order valence-corrected chi connectivity index (χ0v) is 23.1. The van der Waals surface area contributed by atoms with Crippen LogP contribution in [0.2, 0.25) is 0 Å². The van der Waals surface area contributed by atoms with Crippen molar-refractivity contribution in [3.8, 4) is 0 Å². The molecule has 0 spiro atoms. The van der Waals surface area contributed by atoms with Gasteiger partial charge in [0.2, 0.25) is 5.43 Å². The van der Waals surface area contributed by atoms with Crippen LogP contribution in [-0.2, 0) is 12.7 Å². The first-order valence-corrected chi connectivity index (χ1v) is 13.3. The highest BCUT2D eigenvalue weighted by atomic mass is 19.4. The molecular weight excluding hydrogens is 565 g/mol. The number of fused-ring (bicyclic) bond motifs is 1. The highest BCUT2D eigenvalue weighted by Crippen LogP contribution is 2.29. The van der Waals surface area contributed by atoms with Crippen LogP contribution >= 0.6 is 0 Å². The van der Waals surface area contributed by atoms with Crippen LogP contribution in [0.25, 0.3) is 10.9 Å². The van der Waals surface area contributed by atoms with E-state index in [1.807, 2.05) is 0 Å². The summed E-state index contributed by atoms with van der Waals surface area (Å²) in [6.07, 6.45) is -0.143. The molecule has 13 heteroatoms. The molecule has 0 radical (unpaired) electrons. The number of carbonyl (C=O) groups is 2. The summed E-state index contributed by atoms with van der Waals surface area (Å²) in [4.78, 5) is 42.8. The van der Waals surface area contributed by atoms with E-state index in [1.54, 1.807) is 29.7 Å². The predicted octanol–water partition coefficient (Wildman–Crippen LogP) is 2.93. The number of amides is 2. The molecule has 0 saturated heterocycles. The fourth-order valence-corrected chi connectivity index (χ4v) is 4.24. The average Bonchev–Trinajstić information content (AvgIpc) is 3.00. The molecule has 4 N–H and O–H groups in total. The second kappa shape index (κ2) is 13.9. The number of aliphatic hydroxyl groups excluding tert-OH is 1. The summed E-state index contributed by atoms with van der Waals surface area (Å²) in [5.41, 5.74) is 3.20. The van der Waals surface area contributed by atoms with E-state index in [0.29, 0.717) is 41.0 Å². The highest BCUT2D eigenvalue weighted by molar-refractivity contribution is 6.04. The first-order chi connectivity index (χ1) is 20.6. The van der Waals surface area contributed by atoms with Crippen LogP contribution in [0.3, 0.4) is 0 Å². The summed E-state index contributed by atoms with van der Waals surface area (Å²) in [7, 11) is 0. The maximum absolute atomic E-state index is 13.5. The summed E-state index contributed by atoms with van der Waals surface area (Å²) in [6.45, 7) is 2.57. The van der Waals surface area contributed by atoms with Gasteiger partial charge >= 0.3 is 6.18 Å². The van der Waals surface area contributed by atoms with E-state index in [0.717, 1.165) is 12.1 Å². The van der Waals surface area contributed by atoms with E-state index in [9.17, 15) is 27.6 Å². The molecule has 4 aromatic rings. The summed E-state index contributed by atoms with van der Waals surface area (Å²) in [6, 6.07) is 12.6. The summed E-state index contributed by atoms with van der Waals surface area (Å²) < 4.78 is 40.8. The average molecular weight is 595 g/mol. The number of pyridine rings is 2. The maximum Gasteiger partial charge on any atom is 0.416 e. The van der Waals surface area contributed by atoms with E-state index in [4.69, 9.17) is 5.11 Å². The lowest BCUT2D eigenvalue weighted by Gasteiger charge is -2.15. The van der Waals surface area contributed by atoms with Crippen LogP contribution in [0, 0.1) is 0 Å². The SMILES string of the molecule is C/C(=N\NC(=O)c1ccncc1)c1ccc2c(c1)c(=O)c(C(=O)NCCNCCO)cn2Cc1ccc(C(F)(F)F)cc1. The normalized spacial score (nSPS) is 11.9. The molecule has 0 bridgehead atoms. The van der Waals surface area contributed by atoms with Gasteiger partial charge < -0.3 is 20.3 Å². The van der Waals surface area contributed by atoms with Crippen LogP contribution in [-0.4, -0.2) is 58.4 Å². The third-order valence-corrected chi connectivity index (χ3v) is 6.52. The Morgan fingerprint density at radius 3 is 2.35 bits per heavy atom. The fourth-order valence-electron chi connectivity index (χ4n) is 4.24. The van der Waals surface area contributed by atoms with E-state index in [-0.39, 0.29) is 30.6 Å². The second-order valence-electron chi connectivity index (χ2n) is 9.53. The molecule has 2 aromatic carbocycles. The molecule has 2 heterocycles. The number of hydrogen-bond donors (Lipinski definition) is 4. The number of hydrazone groups is 1. The fraction of sp³-hybridized carbons (Fsp3) is 0.233. The molecule has 0 saturated carbocycles. The molecule has 0 aliphatic heterocycles. The molecule has 2 aromatic heterocycles. The molecule has 0 unspecified atom stereocenters. The van der Waals surface area contributed by atoms with Crippen LogP contribution in [0.5, 0.6) is 0 Å². The van der Waals surface area contributed by atoms with Crippen molar-refractivity contribution in [1.82, 2.24) is 25.6 Å². The van der Waals surface area contributed by atoms with Crippen molar-refractivity contribution in [3.05, 3.63) is 111 Å². The van der Waals surface area contributed by atoms with Crippen molar-refractivity contribution in [2.45, 2.75) is 19.6 Å². The number of nitrogens with one attached hydrogen (secondary N) is 3. The lowest BCUT2D eigenvalue weighted by molar-refractivity contribution is -0.137. The van der Waals surface area contributed by atoms with Gasteiger partial charge in [0.1, 0.15) is 5.56 Å². The minimum Gasteiger partial charge on any atom is -0.395 e. The zero-order chi connectivity index (χ0) is 31.0. The second-order valence-corrected chi connectivity index (χ2v) is 9.53. The van der Waals surface area contributed by atoms with Crippen molar-refractivity contribution >= 4 is 28.4 Å². The number of aliphatic hydroxyl groups is 1. The number of alkyl halides is 3. The predicted molar refractivity (Wildman–Crippen MR) is 155 cm³/mol. The van der Waals surface area contributed by atoms with E-state index < -0.39 is 29.0 Å². The molecule has 0 aliphatic carbocycles. The van der Waals surface area contributed by atoms with Crippen LogP contribution in [0.1, 0.15) is 44.3 Å². The minimum atomic E-state index is -4.48. The molecule has 2 amide bonds. The van der Waals surface area contributed by atoms with Crippen molar-refractivity contribution in [2.75, 3.05) is 26.2 Å². The number of carbonyl (C=O) groups excluding carboxylic acids is 2. The lowest BCUT2D eigenvalue weighted by atomic mass is 10.0. The first-order valence-electron chi connectivity index (χ1n) is 13.3. The maximum atomic E-state index is 13.5. The third-order valence-electron chi connectivity index (χ3n) is 6.52. The Hall–Kier alpha value is -4.88. The zero-order valence-electron chi connectivity index (χ0n) is 23.1. The Labute approximate surface area is 244 Å². The molecule has 4 rings (SSSR count). The lowest BCUT2D eigenvalue weighted by Crippen LogP contribution is -2.35. The van der Waals surface area contributed by atoms with Crippen LogP contribution in [0.15, 0.2) is 83.1 Å². The number of nitrogens with zero attached hydrogens (tertiary/aromatic N) is 3. The summed E-state index contributed by atoms with van der Waals surface area (Å²) in [5, 5.41) is 18.8. The largest absolute Gasteiger partial charge is 0.416 e. The third kappa shape index (κ3) is 7.90. The first kappa shape index (κ1) is 31.1. The molecule has 0 atom stereocenters. The van der Waals surface area contributed by atoms with Crippen molar-refractivity contribution in [1.29, 1.82) is 0 Å². The Morgan fingerprint density at radius 1 is 0.953 bits per heavy atom. The quantitative estimate of drug-likeness (QED) is 0.120. The standard InChI is InChI=1S/C30H29F3N6O4/c1-19(37-38-28(42)21-8-10-34-11-9-21)22-4-7-26-24(16-22)27(41)25(29(43)36-13-12-35-14-15-40)18-39(26)17-20-2-5-23(6-3-20)30(31,32)33/h2-11,16,18,35,40H,12-15,17H2,1H3,(H,36,43)(H,38,42)/b37-19+. The highest BCUT2D eigenvalue weighted by Gasteiger charge is 2.30. The van der Waals surface area contributed by atoms with Gasteiger partial charge in [-0.3, -0.25) is 19.4 Å². The molecule has 10 nitrogen and oxygen atoms in total. The van der Waals surface area contributed by atoms with Gasteiger partial charge in [0.05, 0.1) is 23.4 Å². The Bertz CT molecular complexity index is 1690. The molecular formula is C30H29F3N6O4. The van der Waals surface area contributed by atoms with Gasteiger partial charge in [0.15, 0.2) is 0 Å².